The molecule has 1 heterocycles. The SMILES string of the molecule is CC[C@@H](OC(C)=O)[C@@H](C)C(=O)N1C(=O)OC[C@@H]1Cc1ccccc1. The van der Waals surface area contributed by atoms with Crippen LogP contribution in [0.4, 0.5) is 4.79 Å². The first-order valence-corrected chi connectivity index (χ1v) is 8.15. The van der Waals surface area contributed by atoms with Gasteiger partial charge in [-0.3, -0.25) is 9.59 Å². The van der Waals surface area contributed by atoms with Crippen molar-refractivity contribution >= 4 is 18.0 Å². The van der Waals surface area contributed by atoms with E-state index < -0.39 is 24.1 Å². The largest absolute Gasteiger partial charge is 0.462 e. The second-order valence-corrected chi connectivity index (χ2v) is 5.97. The van der Waals surface area contributed by atoms with Gasteiger partial charge in [-0.2, -0.15) is 0 Å². The van der Waals surface area contributed by atoms with Gasteiger partial charge in [0.25, 0.3) is 0 Å². The van der Waals surface area contributed by atoms with Crippen LogP contribution in [0.3, 0.4) is 0 Å². The maximum Gasteiger partial charge on any atom is 0.416 e. The second kappa shape index (κ2) is 7.95. The van der Waals surface area contributed by atoms with Gasteiger partial charge in [-0.25, -0.2) is 9.69 Å². The molecule has 2 rings (SSSR count). The van der Waals surface area contributed by atoms with Crippen molar-refractivity contribution in [3.63, 3.8) is 0 Å². The zero-order chi connectivity index (χ0) is 17.7. The van der Waals surface area contributed by atoms with Crippen LogP contribution in [-0.4, -0.2) is 41.6 Å². The van der Waals surface area contributed by atoms with Crippen LogP contribution in [0.15, 0.2) is 30.3 Å². The lowest BCUT2D eigenvalue weighted by Crippen LogP contribution is -2.46. The lowest BCUT2D eigenvalue weighted by atomic mass is 9.99. The molecule has 1 aliphatic rings. The summed E-state index contributed by atoms with van der Waals surface area (Å²) in [7, 11) is 0. The van der Waals surface area contributed by atoms with E-state index in [1.807, 2.05) is 37.3 Å². The summed E-state index contributed by atoms with van der Waals surface area (Å²) in [6, 6.07) is 9.29. The van der Waals surface area contributed by atoms with Gasteiger partial charge in [-0.1, -0.05) is 44.2 Å². The minimum Gasteiger partial charge on any atom is -0.462 e. The summed E-state index contributed by atoms with van der Waals surface area (Å²) in [6.07, 6.45) is -0.153. The van der Waals surface area contributed by atoms with Gasteiger partial charge in [0.1, 0.15) is 12.7 Å². The molecule has 0 N–H and O–H groups in total. The molecule has 130 valence electrons. The minimum atomic E-state index is -0.634. The van der Waals surface area contributed by atoms with Crippen LogP contribution in [-0.2, 0) is 25.5 Å². The number of imide groups is 1. The predicted octanol–water partition coefficient (Wildman–Crippen LogP) is 2.55. The van der Waals surface area contributed by atoms with E-state index in [-0.39, 0.29) is 18.6 Å². The quantitative estimate of drug-likeness (QED) is 0.748. The van der Waals surface area contributed by atoms with Gasteiger partial charge >= 0.3 is 12.1 Å². The standard InChI is InChI=1S/C18H23NO5/c1-4-16(24-13(3)20)12(2)17(21)19-15(11-23-18(19)22)10-14-8-6-5-7-9-14/h5-9,12,15-16H,4,10-11H2,1-3H3/t12-,15+,16-/m1/s1. The zero-order valence-corrected chi connectivity index (χ0v) is 14.2. The van der Waals surface area contributed by atoms with Crippen molar-refractivity contribution in [1.29, 1.82) is 0 Å². The molecular weight excluding hydrogens is 310 g/mol. The summed E-state index contributed by atoms with van der Waals surface area (Å²) >= 11 is 0. The summed E-state index contributed by atoms with van der Waals surface area (Å²) < 4.78 is 10.3. The van der Waals surface area contributed by atoms with Crippen LogP contribution in [0.1, 0.15) is 32.8 Å². The molecule has 1 fully saturated rings. The summed E-state index contributed by atoms with van der Waals surface area (Å²) in [6.45, 7) is 4.99. The van der Waals surface area contributed by atoms with E-state index in [0.717, 1.165) is 5.56 Å². The van der Waals surface area contributed by atoms with Gasteiger partial charge in [-0.05, 0) is 18.4 Å². The van der Waals surface area contributed by atoms with Crippen molar-refractivity contribution in [3.05, 3.63) is 35.9 Å². The van der Waals surface area contributed by atoms with E-state index in [9.17, 15) is 14.4 Å². The number of carbonyl (C=O) groups is 3. The first-order chi connectivity index (χ1) is 11.4. The summed E-state index contributed by atoms with van der Waals surface area (Å²) in [5, 5.41) is 0. The number of cyclic esters (lactones) is 1. The topological polar surface area (TPSA) is 72.9 Å². The third kappa shape index (κ3) is 4.13. The number of amides is 2. The highest BCUT2D eigenvalue weighted by molar-refractivity contribution is 5.95. The molecule has 0 aliphatic carbocycles. The Bertz CT molecular complexity index is 601. The molecule has 2 amide bonds. The van der Waals surface area contributed by atoms with Crippen LogP contribution in [0.5, 0.6) is 0 Å². The first kappa shape index (κ1) is 18.0. The van der Waals surface area contributed by atoms with Crippen LogP contribution >= 0.6 is 0 Å². The third-order valence-corrected chi connectivity index (χ3v) is 4.18. The minimum absolute atomic E-state index is 0.177. The number of hydrogen-bond acceptors (Lipinski definition) is 5. The number of hydrogen-bond donors (Lipinski definition) is 0. The molecule has 6 nitrogen and oxygen atoms in total. The molecule has 1 aromatic carbocycles. The van der Waals surface area contributed by atoms with E-state index in [1.165, 1.54) is 11.8 Å². The lowest BCUT2D eigenvalue weighted by molar-refractivity contribution is -0.153. The molecule has 3 atom stereocenters. The Labute approximate surface area is 141 Å². The van der Waals surface area contributed by atoms with E-state index in [2.05, 4.69) is 0 Å². The fourth-order valence-electron chi connectivity index (χ4n) is 2.90. The van der Waals surface area contributed by atoms with Gasteiger partial charge in [0.2, 0.25) is 5.91 Å². The summed E-state index contributed by atoms with van der Waals surface area (Å²) in [5.74, 6) is -1.42. The Balaban J connectivity index is 2.12. The highest BCUT2D eigenvalue weighted by atomic mass is 16.6. The number of carbonyl (C=O) groups excluding carboxylic acids is 3. The number of ether oxygens (including phenoxy) is 2. The molecule has 0 saturated carbocycles. The van der Waals surface area contributed by atoms with E-state index >= 15 is 0 Å². The van der Waals surface area contributed by atoms with Crippen molar-refractivity contribution < 1.29 is 23.9 Å². The first-order valence-electron chi connectivity index (χ1n) is 8.15. The maximum atomic E-state index is 12.8. The third-order valence-electron chi connectivity index (χ3n) is 4.18. The van der Waals surface area contributed by atoms with Crippen LogP contribution in [0.25, 0.3) is 0 Å². The molecule has 0 spiro atoms. The zero-order valence-electron chi connectivity index (χ0n) is 14.2. The second-order valence-electron chi connectivity index (χ2n) is 5.97. The number of rotatable bonds is 6. The fourth-order valence-corrected chi connectivity index (χ4v) is 2.90. The molecule has 24 heavy (non-hydrogen) atoms. The van der Waals surface area contributed by atoms with Gasteiger partial charge in [0.05, 0.1) is 12.0 Å². The normalized spacial score (nSPS) is 19.5. The average Bonchev–Trinajstić information content (AvgIpc) is 2.92. The molecule has 6 heteroatoms. The molecule has 1 aliphatic heterocycles. The summed E-state index contributed by atoms with van der Waals surface area (Å²) in [5.41, 5.74) is 1.03. The maximum absolute atomic E-state index is 12.8. The monoisotopic (exact) mass is 333 g/mol. The lowest BCUT2D eigenvalue weighted by Gasteiger charge is -2.27. The van der Waals surface area contributed by atoms with E-state index in [1.54, 1.807) is 6.92 Å². The molecular formula is C18H23NO5. The van der Waals surface area contributed by atoms with Gasteiger partial charge in [-0.15, -0.1) is 0 Å². The van der Waals surface area contributed by atoms with E-state index in [4.69, 9.17) is 9.47 Å². The van der Waals surface area contributed by atoms with Gasteiger partial charge in [0, 0.05) is 6.92 Å². The molecule has 0 bridgehead atoms. The molecule has 0 unspecified atom stereocenters. The average molecular weight is 333 g/mol. The summed E-state index contributed by atoms with van der Waals surface area (Å²) in [4.78, 5) is 37.2. The Kier molecular flexibility index (Phi) is 5.95. The van der Waals surface area contributed by atoms with Crippen molar-refractivity contribution in [2.45, 2.75) is 45.8 Å². The number of benzene rings is 1. The van der Waals surface area contributed by atoms with Crippen molar-refractivity contribution in [2.24, 2.45) is 5.92 Å². The van der Waals surface area contributed by atoms with Gasteiger partial charge in [0.15, 0.2) is 0 Å². The predicted molar refractivity (Wildman–Crippen MR) is 87.1 cm³/mol. The number of nitrogens with zero attached hydrogens (tertiary/aromatic N) is 1. The van der Waals surface area contributed by atoms with Crippen LogP contribution in [0, 0.1) is 5.92 Å². The molecule has 0 aromatic heterocycles. The van der Waals surface area contributed by atoms with Gasteiger partial charge < -0.3 is 9.47 Å². The molecule has 1 aromatic rings. The Hall–Kier alpha value is -2.37. The van der Waals surface area contributed by atoms with E-state index in [0.29, 0.717) is 12.8 Å². The Morgan fingerprint density at radius 1 is 1.33 bits per heavy atom. The number of esters is 1. The highest BCUT2D eigenvalue weighted by Crippen LogP contribution is 2.23. The van der Waals surface area contributed by atoms with Crippen molar-refractivity contribution in [3.8, 4) is 0 Å². The molecule has 0 radical (unpaired) electrons. The Morgan fingerprint density at radius 2 is 2.00 bits per heavy atom. The van der Waals surface area contributed by atoms with Crippen molar-refractivity contribution in [1.82, 2.24) is 4.90 Å². The van der Waals surface area contributed by atoms with Crippen LogP contribution in [0.2, 0.25) is 0 Å². The smallest absolute Gasteiger partial charge is 0.416 e. The van der Waals surface area contributed by atoms with Crippen molar-refractivity contribution in [2.75, 3.05) is 6.61 Å². The van der Waals surface area contributed by atoms with Crippen LogP contribution < -0.4 is 0 Å². The Morgan fingerprint density at radius 3 is 2.58 bits per heavy atom. The highest BCUT2D eigenvalue weighted by Gasteiger charge is 2.41. The molecule has 1 saturated heterocycles. The fraction of sp³-hybridized carbons (Fsp3) is 0.500.